The van der Waals surface area contributed by atoms with Gasteiger partial charge in [0, 0.05) is 0 Å². The molecule has 0 heterocycles. The van der Waals surface area contributed by atoms with Crippen LogP contribution in [0.15, 0.2) is 0 Å². The minimum atomic E-state index is -0.250. The summed E-state index contributed by atoms with van der Waals surface area (Å²) in [5.74, 6) is 0. The normalized spacial score (nSPS) is 3.14. The minimum absolute atomic E-state index is 0. The predicted molar refractivity (Wildman–Crippen MR) is 29.6 cm³/mol. The zero-order valence-corrected chi connectivity index (χ0v) is 12.4. The van der Waals surface area contributed by atoms with E-state index in [1.807, 2.05) is 6.79 Å². The molecule has 0 unspecified atom stereocenters. The first-order chi connectivity index (χ1) is 2.41. The first-order valence-electron chi connectivity index (χ1n) is 0.654. The summed E-state index contributed by atoms with van der Waals surface area (Å²) < 4.78 is 14.1. The molecule has 40 valence electrons. The fraction of sp³-hybridized carbons (Fsp3) is 0. The molecule has 2 radical (unpaired) electrons. The van der Waals surface area contributed by atoms with E-state index in [-0.39, 0.29) is 70.6 Å². The van der Waals surface area contributed by atoms with Gasteiger partial charge in [0.1, 0.15) is 6.79 Å². The Morgan fingerprint density at radius 2 is 1.43 bits per heavy atom. The van der Waals surface area contributed by atoms with E-state index >= 15 is 0 Å². The molecule has 0 amide bonds. The summed E-state index contributed by atoms with van der Waals surface area (Å²) in [4.78, 5) is 8.00. The van der Waals surface area contributed by atoms with Crippen LogP contribution in [0.25, 0.3) is 0 Å². The maximum absolute atomic E-state index is 8.00. The third-order valence-electron chi connectivity index (χ3n) is 0. The Morgan fingerprint density at radius 1 is 1.43 bits per heavy atom. The summed E-state index contributed by atoms with van der Waals surface area (Å²) in [6.07, 6.45) is 0. The molecule has 6 heteroatoms. The van der Waals surface area contributed by atoms with Crippen molar-refractivity contribution in [1.29, 1.82) is 0 Å². The molecule has 2 N–H and O–H groups in total. The number of hydrogen-bond acceptors (Lipinski definition) is 4. The molecule has 0 saturated carbocycles. The predicted octanol–water partition coefficient (Wildman–Crippen LogP) is -3.32. The number of carbonyl (C=O) groups excluding carboxylic acids is 1. The summed E-state index contributed by atoms with van der Waals surface area (Å²) in [5.41, 5.74) is 0. The number of rotatable bonds is 0. The van der Waals surface area contributed by atoms with Crippen LogP contribution < -0.4 is 29.6 Å². The second-order valence-electron chi connectivity index (χ2n) is 0.0816. The van der Waals surface area contributed by atoms with E-state index in [1.54, 1.807) is 0 Å². The second kappa shape index (κ2) is 45.2. The molecule has 0 aliphatic rings. The van der Waals surface area contributed by atoms with Crippen LogP contribution in [0, 0.1) is 0 Å². The Balaban J connectivity index is -0.00000000567. The fourth-order valence-electron chi connectivity index (χ4n) is 0. The van der Waals surface area contributed by atoms with E-state index in [9.17, 15) is 0 Å². The quantitative estimate of drug-likeness (QED) is 0.361. The summed E-state index contributed by atoms with van der Waals surface area (Å²) in [5, 5.41) is 0. The van der Waals surface area contributed by atoms with Crippen molar-refractivity contribution in [3.63, 3.8) is 0 Å². The van der Waals surface area contributed by atoms with Crippen molar-refractivity contribution in [3.8, 4) is 0 Å². The molecular weight excluding hydrogens is 322 g/mol. The van der Waals surface area contributed by atoms with E-state index < -0.39 is 0 Å². The third-order valence-corrected chi connectivity index (χ3v) is 0. The fourth-order valence-corrected chi connectivity index (χ4v) is 0. The van der Waals surface area contributed by atoms with Gasteiger partial charge >= 0.3 is 56.9 Å². The van der Waals surface area contributed by atoms with Crippen molar-refractivity contribution in [2.45, 2.75) is 0 Å². The summed E-state index contributed by atoms with van der Waals surface area (Å²) >= 11 is -0.250. The summed E-state index contributed by atoms with van der Waals surface area (Å²) in [7, 11) is 0. The van der Waals surface area contributed by atoms with Gasteiger partial charge in [-0.25, -0.2) is 0 Å². The SMILES string of the molecule is C=O.OSO.[H-].[Na+].[PbH2]. The first kappa shape index (κ1) is 23.2. The van der Waals surface area contributed by atoms with Crippen molar-refractivity contribution in [3.05, 3.63) is 0 Å². The standard InChI is InChI=1S/CH2O.Na.H2O2S.Pb.3H/c1-2;;1-3-2;;;;/h1H2;;1-2H;;;;/q;+1;;;;;-1. The Bertz CT molecular complexity index is 23.2. The van der Waals surface area contributed by atoms with Gasteiger partial charge in [-0.05, 0) is 0 Å². The molecule has 0 bridgehead atoms. The third kappa shape index (κ3) is 77.9. The van der Waals surface area contributed by atoms with Gasteiger partial charge in [-0.3, -0.25) is 0 Å². The molecule has 0 aromatic carbocycles. The Hall–Kier alpha value is 1.86. The molecule has 7 heavy (non-hydrogen) atoms. The first-order valence-corrected chi connectivity index (χ1v) is 1.38. The molecule has 0 aliphatic carbocycles. The van der Waals surface area contributed by atoms with Crippen LogP contribution in [-0.2, 0) is 4.79 Å². The van der Waals surface area contributed by atoms with Gasteiger partial charge in [-0.1, -0.05) is 0 Å². The van der Waals surface area contributed by atoms with E-state index in [0.29, 0.717) is 0 Å². The van der Waals surface area contributed by atoms with Crippen LogP contribution in [0.3, 0.4) is 0 Å². The molecule has 3 nitrogen and oxygen atoms in total. The Morgan fingerprint density at radius 3 is 1.43 bits per heavy atom. The number of carbonyl (C=O) groups is 1. The molecule has 0 fully saturated rings. The van der Waals surface area contributed by atoms with Crippen LogP contribution >= 0.6 is 12.3 Å². The molecular formula is CH7NaO3PbS. The van der Waals surface area contributed by atoms with Gasteiger partial charge in [0.15, 0.2) is 12.3 Å². The van der Waals surface area contributed by atoms with Crippen LogP contribution in [0.5, 0.6) is 0 Å². The molecule has 0 saturated heterocycles. The van der Waals surface area contributed by atoms with Crippen molar-refractivity contribution >= 4 is 46.4 Å². The van der Waals surface area contributed by atoms with Crippen LogP contribution in [0.2, 0.25) is 0 Å². The van der Waals surface area contributed by atoms with E-state index in [1.165, 1.54) is 0 Å². The number of hydrogen-bond donors (Lipinski definition) is 2. The summed E-state index contributed by atoms with van der Waals surface area (Å²) in [6.45, 7) is 2.00. The van der Waals surface area contributed by atoms with Gasteiger partial charge in [0.2, 0.25) is 0 Å². The van der Waals surface area contributed by atoms with Crippen LogP contribution in [-0.4, -0.2) is 43.2 Å². The monoisotopic (exact) mass is 330 g/mol. The molecule has 0 rings (SSSR count). The zero-order chi connectivity index (χ0) is 4.71. The molecule has 0 spiro atoms. The van der Waals surface area contributed by atoms with Crippen LogP contribution in [0.4, 0.5) is 0 Å². The average molecular weight is 329 g/mol. The van der Waals surface area contributed by atoms with Crippen LogP contribution in [0.1, 0.15) is 1.43 Å². The zero-order valence-electron chi connectivity index (χ0n) is 5.13. The van der Waals surface area contributed by atoms with Gasteiger partial charge < -0.3 is 15.3 Å². The molecule has 0 aliphatic heterocycles. The topological polar surface area (TPSA) is 57.5 Å². The van der Waals surface area contributed by atoms with E-state index in [2.05, 4.69) is 0 Å². The van der Waals surface area contributed by atoms with E-state index in [0.717, 1.165) is 0 Å². The van der Waals surface area contributed by atoms with Gasteiger partial charge in [0.05, 0.1) is 0 Å². The Kier molecular flexibility index (Phi) is 150. The molecule has 0 aromatic heterocycles. The van der Waals surface area contributed by atoms with Gasteiger partial charge in [-0.15, -0.1) is 0 Å². The van der Waals surface area contributed by atoms with Crippen molar-refractivity contribution < 1.29 is 44.9 Å². The van der Waals surface area contributed by atoms with E-state index in [4.69, 9.17) is 13.9 Å². The van der Waals surface area contributed by atoms with Crippen molar-refractivity contribution in [2.24, 2.45) is 0 Å². The van der Waals surface area contributed by atoms with Gasteiger partial charge in [0.25, 0.3) is 0 Å². The Labute approximate surface area is 90.2 Å². The molecule has 0 atom stereocenters. The van der Waals surface area contributed by atoms with Crippen molar-refractivity contribution in [2.75, 3.05) is 0 Å². The van der Waals surface area contributed by atoms with Crippen molar-refractivity contribution in [1.82, 2.24) is 0 Å². The second-order valence-corrected chi connectivity index (χ2v) is 0.245. The summed E-state index contributed by atoms with van der Waals surface area (Å²) in [6, 6.07) is 0. The molecule has 0 aromatic rings. The average Bonchev–Trinajstić information content (AvgIpc) is 1.46. The maximum atomic E-state index is 8.00. The van der Waals surface area contributed by atoms with Gasteiger partial charge in [-0.2, -0.15) is 0 Å².